The van der Waals surface area contributed by atoms with Crippen LogP contribution >= 0.6 is 0 Å². The molecular weight excluding hydrogens is 439 g/mol. The maximum atomic E-state index is 14.7. The summed E-state index contributed by atoms with van der Waals surface area (Å²) in [6, 6.07) is 42.4. The minimum atomic E-state index is -0.411. The summed E-state index contributed by atoms with van der Waals surface area (Å²) in [4.78, 5) is 0. The van der Waals surface area contributed by atoms with Gasteiger partial charge in [0.2, 0.25) is 0 Å². The Morgan fingerprint density at radius 2 is 1.11 bits per heavy atom. The fourth-order valence-electron chi connectivity index (χ4n) is 5.82. The number of hydrogen-bond donors (Lipinski definition) is 0. The fraction of sp³-hybridized carbons (Fsp3) is 0.143. The molecule has 0 atom stereocenters. The smallest absolute Gasteiger partial charge is 0.124 e. The van der Waals surface area contributed by atoms with Gasteiger partial charge < -0.3 is 0 Å². The average molecular weight is 469 g/mol. The Hall–Kier alpha value is -3.97. The van der Waals surface area contributed by atoms with Crippen molar-refractivity contribution in [3.8, 4) is 22.3 Å². The first kappa shape index (κ1) is 22.5. The van der Waals surface area contributed by atoms with Gasteiger partial charge in [0.25, 0.3) is 0 Å². The molecule has 0 nitrogen and oxygen atoms in total. The second kappa shape index (κ2) is 8.31. The van der Waals surface area contributed by atoms with E-state index in [1.165, 1.54) is 33.4 Å². The Balaban J connectivity index is 1.65. The molecule has 176 valence electrons. The van der Waals surface area contributed by atoms with Gasteiger partial charge in [-0.3, -0.25) is 0 Å². The second-order valence-electron chi connectivity index (χ2n) is 10.8. The Morgan fingerprint density at radius 3 is 1.75 bits per heavy atom. The highest BCUT2D eigenvalue weighted by molar-refractivity contribution is 5.88. The zero-order chi connectivity index (χ0) is 24.9. The summed E-state index contributed by atoms with van der Waals surface area (Å²) in [5.74, 6) is -0.193. The zero-order valence-corrected chi connectivity index (χ0v) is 20.9. The van der Waals surface area contributed by atoms with Gasteiger partial charge in [0, 0.05) is 0 Å². The zero-order valence-electron chi connectivity index (χ0n) is 20.9. The van der Waals surface area contributed by atoms with Gasteiger partial charge >= 0.3 is 0 Å². The molecule has 0 bridgehead atoms. The predicted octanol–water partition coefficient (Wildman–Crippen LogP) is 9.15. The molecule has 1 heteroatoms. The monoisotopic (exact) mass is 468 g/mol. The van der Waals surface area contributed by atoms with Gasteiger partial charge in [-0.05, 0) is 73.7 Å². The van der Waals surface area contributed by atoms with E-state index in [0.29, 0.717) is 0 Å². The van der Waals surface area contributed by atoms with Crippen LogP contribution in [0.15, 0.2) is 121 Å². The van der Waals surface area contributed by atoms with Crippen molar-refractivity contribution in [2.24, 2.45) is 0 Å². The number of hydrogen-bond acceptors (Lipinski definition) is 0. The van der Waals surface area contributed by atoms with Crippen LogP contribution in [0.3, 0.4) is 0 Å². The largest absolute Gasteiger partial charge is 0.207 e. The first-order valence-corrected chi connectivity index (χ1v) is 12.6. The third kappa shape index (κ3) is 3.42. The van der Waals surface area contributed by atoms with Crippen molar-refractivity contribution in [2.75, 3.05) is 0 Å². The predicted molar refractivity (Wildman–Crippen MR) is 148 cm³/mol. The van der Waals surface area contributed by atoms with Crippen LogP contribution in [0.1, 0.15) is 48.6 Å². The summed E-state index contributed by atoms with van der Waals surface area (Å²) in [5.41, 5.74) is 9.88. The molecule has 0 heterocycles. The summed E-state index contributed by atoms with van der Waals surface area (Å²) >= 11 is 0. The summed E-state index contributed by atoms with van der Waals surface area (Å²) in [6.07, 6.45) is 0. The highest BCUT2D eigenvalue weighted by atomic mass is 19.1. The van der Waals surface area contributed by atoms with E-state index in [-0.39, 0.29) is 11.2 Å². The van der Waals surface area contributed by atoms with Crippen LogP contribution < -0.4 is 0 Å². The van der Waals surface area contributed by atoms with Gasteiger partial charge in [0.1, 0.15) is 5.82 Å². The highest BCUT2D eigenvalue weighted by Gasteiger charge is 2.45. The van der Waals surface area contributed by atoms with Gasteiger partial charge in [0.05, 0.1) is 5.41 Å². The van der Waals surface area contributed by atoms with E-state index >= 15 is 0 Å². The third-order valence-electron chi connectivity index (χ3n) is 7.56. The molecule has 0 aromatic heterocycles. The molecule has 1 aliphatic carbocycles. The van der Waals surface area contributed by atoms with E-state index in [2.05, 4.69) is 130 Å². The van der Waals surface area contributed by atoms with Crippen LogP contribution in [0, 0.1) is 5.82 Å². The molecule has 5 aromatic carbocycles. The molecule has 6 rings (SSSR count). The quantitative estimate of drug-likeness (QED) is 0.243. The van der Waals surface area contributed by atoms with E-state index < -0.39 is 5.41 Å². The molecule has 0 saturated heterocycles. The molecule has 0 fully saturated rings. The van der Waals surface area contributed by atoms with Gasteiger partial charge in [0.15, 0.2) is 0 Å². The molecule has 5 aromatic rings. The van der Waals surface area contributed by atoms with E-state index in [4.69, 9.17) is 0 Å². The Labute approximate surface area is 213 Å². The maximum absolute atomic E-state index is 14.7. The standard InChI is InChI=1S/C35H29F/c1-34(2,3)28-20-25(21-29(36)23-28)24-18-19-33-31(22-24)30-16-10-11-17-32(30)35(33,26-12-6-4-7-13-26)27-14-8-5-9-15-27/h4-23H,1-3H3. The molecule has 0 saturated carbocycles. The highest BCUT2D eigenvalue weighted by Crippen LogP contribution is 2.56. The lowest BCUT2D eigenvalue weighted by molar-refractivity contribution is 0.573. The molecule has 36 heavy (non-hydrogen) atoms. The van der Waals surface area contributed by atoms with Crippen LogP contribution in [0.4, 0.5) is 4.39 Å². The van der Waals surface area contributed by atoms with Crippen molar-refractivity contribution >= 4 is 0 Å². The molecule has 0 unspecified atom stereocenters. The summed E-state index contributed by atoms with van der Waals surface area (Å²) in [5, 5.41) is 0. The third-order valence-corrected chi connectivity index (χ3v) is 7.56. The topological polar surface area (TPSA) is 0 Å². The van der Waals surface area contributed by atoms with E-state index in [9.17, 15) is 4.39 Å². The minimum Gasteiger partial charge on any atom is -0.207 e. The van der Waals surface area contributed by atoms with Crippen molar-refractivity contribution in [3.63, 3.8) is 0 Å². The lowest BCUT2D eigenvalue weighted by Gasteiger charge is -2.33. The van der Waals surface area contributed by atoms with Gasteiger partial charge in [-0.1, -0.05) is 124 Å². The SMILES string of the molecule is CC(C)(C)c1cc(F)cc(-c2ccc3c(c2)-c2ccccc2C3(c2ccccc2)c2ccccc2)c1. The van der Waals surface area contributed by atoms with Crippen molar-refractivity contribution in [2.45, 2.75) is 31.6 Å². The number of benzene rings is 5. The van der Waals surface area contributed by atoms with Gasteiger partial charge in [-0.25, -0.2) is 4.39 Å². The van der Waals surface area contributed by atoms with Crippen molar-refractivity contribution in [1.82, 2.24) is 0 Å². The van der Waals surface area contributed by atoms with Crippen LogP contribution in [0.2, 0.25) is 0 Å². The molecule has 1 aliphatic rings. The average Bonchev–Trinajstić information content (AvgIpc) is 3.19. The van der Waals surface area contributed by atoms with Gasteiger partial charge in [-0.2, -0.15) is 0 Å². The normalized spacial score (nSPS) is 13.8. The first-order chi connectivity index (χ1) is 17.4. The lowest BCUT2D eigenvalue weighted by atomic mass is 9.67. The molecule has 0 radical (unpaired) electrons. The Morgan fingerprint density at radius 1 is 0.528 bits per heavy atom. The number of halogens is 1. The summed E-state index contributed by atoms with van der Waals surface area (Å²) in [7, 11) is 0. The number of fused-ring (bicyclic) bond motifs is 3. The summed E-state index contributed by atoms with van der Waals surface area (Å²) < 4.78 is 14.7. The minimum absolute atomic E-state index is 0.129. The Kier molecular flexibility index (Phi) is 5.19. The molecule has 0 spiro atoms. The molecule has 0 N–H and O–H groups in total. The first-order valence-electron chi connectivity index (χ1n) is 12.6. The molecule has 0 aliphatic heterocycles. The van der Waals surface area contributed by atoms with E-state index in [1.54, 1.807) is 12.1 Å². The summed E-state index contributed by atoms with van der Waals surface area (Å²) in [6.45, 7) is 6.37. The second-order valence-corrected chi connectivity index (χ2v) is 10.8. The number of rotatable bonds is 3. The van der Waals surface area contributed by atoms with Crippen molar-refractivity contribution in [3.05, 3.63) is 155 Å². The van der Waals surface area contributed by atoms with Crippen molar-refractivity contribution in [1.29, 1.82) is 0 Å². The van der Waals surface area contributed by atoms with E-state index in [1.807, 2.05) is 0 Å². The van der Waals surface area contributed by atoms with Crippen LogP contribution in [0.5, 0.6) is 0 Å². The van der Waals surface area contributed by atoms with Gasteiger partial charge in [-0.15, -0.1) is 0 Å². The maximum Gasteiger partial charge on any atom is 0.124 e. The lowest BCUT2D eigenvalue weighted by Crippen LogP contribution is -2.28. The van der Waals surface area contributed by atoms with Crippen LogP contribution in [-0.2, 0) is 10.8 Å². The van der Waals surface area contributed by atoms with Crippen LogP contribution in [0.25, 0.3) is 22.3 Å². The van der Waals surface area contributed by atoms with E-state index in [0.717, 1.165) is 16.7 Å². The molecule has 0 amide bonds. The van der Waals surface area contributed by atoms with Crippen LogP contribution in [-0.4, -0.2) is 0 Å². The fourth-order valence-corrected chi connectivity index (χ4v) is 5.82. The van der Waals surface area contributed by atoms with Crippen molar-refractivity contribution < 1.29 is 4.39 Å². The Bertz CT molecular complexity index is 1520. The molecular formula is C35H29F.